The van der Waals surface area contributed by atoms with Crippen LogP contribution in [0.25, 0.3) is 0 Å². The molecule has 0 saturated carbocycles. The second kappa shape index (κ2) is 4.19. The highest BCUT2D eigenvalue weighted by Crippen LogP contribution is 2.29. The van der Waals surface area contributed by atoms with E-state index in [1.807, 2.05) is 0 Å². The van der Waals surface area contributed by atoms with Crippen molar-refractivity contribution < 1.29 is 18.6 Å². The first-order chi connectivity index (χ1) is 6.60. The molecule has 1 rings (SSSR count). The summed E-state index contributed by atoms with van der Waals surface area (Å²) in [5, 5.41) is 8.84. The van der Waals surface area contributed by atoms with Crippen molar-refractivity contribution in [3.8, 4) is 5.75 Å². The van der Waals surface area contributed by atoms with Crippen LogP contribution in [0.2, 0.25) is 0 Å². The van der Waals surface area contributed by atoms with Gasteiger partial charge in [0, 0.05) is 0 Å². The standard InChI is InChI=1S/C8H10F2N2O2/c1-14-7-4(11)2-5(8(9)10)12-6(7)3-13/h2,8,13H,3H2,1H3,(H2,11,12). The van der Waals surface area contributed by atoms with Crippen LogP contribution in [-0.4, -0.2) is 17.2 Å². The molecule has 0 atom stereocenters. The Balaban J connectivity index is 3.24. The SMILES string of the molecule is COc1c(N)cc(C(F)F)nc1CO. The lowest BCUT2D eigenvalue weighted by molar-refractivity contribution is 0.145. The zero-order valence-electron chi connectivity index (χ0n) is 7.50. The Morgan fingerprint density at radius 1 is 1.64 bits per heavy atom. The fraction of sp³-hybridized carbons (Fsp3) is 0.375. The molecule has 0 aliphatic heterocycles. The van der Waals surface area contributed by atoms with Gasteiger partial charge in [-0.2, -0.15) is 0 Å². The summed E-state index contributed by atoms with van der Waals surface area (Å²) in [5.74, 6) is 0.136. The van der Waals surface area contributed by atoms with E-state index in [2.05, 4.69) is 4.98 Å². The molecule has 78 valence electrons. The predicted octanol–water partition coefficient (Wildman–Crippen LogP) is 1.10. The van der Waals surface area contributed by atoms with E-state index in [0.717, 1.165) is 6.07 Å². The zero-order chi connectivity index (χ0) is 10.7. The van der Waals surface area contributed by atoms with E-state index in [1.165, 1.54) is 7.11 Å². The molecule has 6 heteroatoms. The normalized spacial score (nSPS) is 10.6. The van der Waals surface area contributed by atoms with E-state index >= 15 is 0 Å². The molecule has 4 nitrogen and oxygen atoms in total. The number of nitrogens with zero attached hydrogens (tertiary/aromatic N) is 1. The number of pyridine rings is 1. The quantitative estimate of drug-likeness (QED) is 0.773. The van der Waals surface area contributed by atoms with Gasteiger partial charge in [0.1, 0.15) is 11.4 Å². The number of methoxy groups -OCH3 is 1. The lowest BCUT2D eigenvalue weighted by atomic mass is 10.2. The van der Waals surface area contributed by atoms with Crippen LogP contribution in [-0.2, 0) is 6.61 Å². The maximum Gasteiger partial charge on any atom is 0.280 e. The fourth-order valence-corrected chi connectivity index (χ4v) is 1.08. The van der Waals surface area contributed by atoms with Crippen LogP contribution >= 0.6 is 0 Å². The monoisotopic (exact) mass is 204 g/mol. The van der Waals surface area contributed by atoms with Gasteiger partial charge in [-0.15, -0.1) is 0 Å². The van der Waals surface area contributed by atoms with Gasteiger partial charge in [0.05, 0.1) is 19.4 Å². The van der Waals surface area contributed by atoms with Gasteiger partial charge in [0.15, 0.2) is 5.75 Å². The first kappa shape index (κ1) is 10.6. The van der Waals surface area contributed by atoms with Crippen LogP contribution in [0.4, 0.5) is 14.5 Å². The van der Waals surface area contributed by atoms with Gasteiger partial charge < -0.3 is 15.6 Å². The van der Waals surface area contributed by atoms with Crippen molar-refractivity contribution in [1.82, 2.24) is 4.98 Å². The van der Waals surface area contributed by atoms with Gasteiger partial charge in [-0.1, -0.05) is 0 Å². The third kappa shape index (κ3) is 1.90. The van der Waals surface area contributed by atoms with Gasteiger partial charge >= 0.3 is 0 Å². The number of halogens is 2. The van der Waals surface area contributed by atoms with Crippen LogP contribution in [0.15, 0.2) is 6.07 Å². The van der Waals surface area contributed by atoms with Crippen molar-refractivity contribution in [2.75, 3.05) is 12.8 Å². The Labute approximate surface area is 79.3 Å². The summed E-state index contributed by atoms with van der Waals surface area (Å²) in [7, 11) is 1.33. The summed E-state index contributed by atoms with van der Waals surface area (Å²) in [4.78, 5) is 3.52. The summed E-state index contributed by atoms with van der Waals surface area (Å²) in [6.45, 7) is -0.492. The van der Waals surface area contributed by atoms with Gasteiger partial charge in [-0.25, -0.2) is 13.8 Å². The minimum Gasteiger partial charge on any atom is -0.493 e. The van der Waals surface area contributed by atoms with E-state index in [0.29, 0.717) is 0 Å². The van der Waals surface area contributed by atoms with Gasteiger partial charge in [-0.05, 0) is 6.07 Å². The predicted molar refractivity (Wildman–Crippen MR) is 46.1 cm³/mol. The van der Waals surface area contributed by atoms with Crippen molar-refractivity contribution in [1.29, 1.82) is 0 Å². The van der Waals surface area contributed by atoms with Crippen molar-refractivity contribution in [3.05, 3.63) is 17.5 Å². The smallest absolute Gasteiger partial charge is 0.280 e. The highest BCUT2D eigenvalue weighted by atomic mass is 19.3. The number of anilines is 1. The lowest BCUT2D eigenvalue weighted by Crippen LogP contribution is -2.04. The highest BCUT2D eigenvalue weighted by Gasteiger charge is 2.15. The number of nitrogens with two attached hydrogens (primary N) is 1. The Morgan fingerprint density at radius 3 is 2.71 bits per heavy atom. The molecule has 0 aliphatic rings. The zero-order valence-corrected chi connectivity index (χ0v) is 7.50. The first-order valence-corrected chi connectivity index (χ1v) is 3.82. The van der Waals surface area contributed by atoms with Crippen LogP contribution in [0.3, 0.4) is 0 Å². The second-order valence-electron chi connectivity index (χ2n) is 2.58. The van der Waals surface area contributed by atoms with E-state index in [-0.39, 0.29) is 17.1 Å². The Hall–Kier alpha value is -1.43. The molecule has 1 heterocycles. The van der Waals surface area contributed by atoms with Crippen LogP contribution < -0.4 is 10.5 Å². The molecule has 0 spiro atoms. The summed E-state index contributed by atoms with van der Waals surface area (Å²) in [6, 6.07) is 1.03. The lowest BCUT2D eigenvalue weighted by Gasteiger charge is -2.10. The van der Waals surface area contributed by atoms with Crippen molar-refractivity contribution in [3.63, 3.8) is 0 Å². The topological polar surface area (TPSA) is 68.4 Å². The second-order valence-corrected chi connectivity index (χ2v) is 2.58. The molecule has 3 N–H and O–H groups in total. The summed E-state index contributed by atoms with van der Waals surface area (Å²) in [6.07, 6.45) is -2.71. The van der Waals surface area contributed by atoms with Crippen LogP contribution in [0.5, 0.6) is 5.75 Å². The van der Waals surface area contributed by atoms with Crippen molar-refractivity contribution >= 4 is 5.69 Å². The molecule has 0 aromatic carbocycles. The first-order valence-electron chi connectivity index (χ1n) is 3.82. The number of aromatic nitrogens is 1. The van der Waals surface area contributed by atoms with E-state index in [9.17, 15) is 8.78 Å². The highest BCUT2D eigenvalue weighted by molar-refractivity contribution is 5.55. The largest absolute Gasteiger partial charge is 0.493 e. The van der Waals surface area contributed by atoms with Gasteiger partial charge in [-0.3, -0.25) is 0 Å². The van der Waals surface area contributed by atoms with Gasteiger partial charge in [0.2, 0.25) is 0 Å². The maximum atomic E-state index is 12.3. The van der Waals surface area contributed by atoms with Crippen molar-refractivity contribution in [2.45, 2.75) is 13.0 Å². The number of rotatable bonds is 3. The van der Waals surface area contributed by atoms with Crippen LogP contribution in [0, 0.1) is 0 Å². The number of ether oxygens (including phenoxy) is 1. The number of hydrogen-bond donors (Lipinski definition) is 2. The molecule has 0 unspecified atom stereocenters. The molecule has 0 bridgehead atoms. The minimum absolute atomic E-state index is 0.0165. The molecule has 0 radical (unpaired) electrons. The van der Waals surface area contributed by atoms with Crippen molar-refractivity contribution in [2.24, 2.45) is 0 Å². The molecular formula is C8H10F2N2O2. The average Bonchev–Trinajstić information content (AvgIpc) is 2.16. The van der Waals surface area contributed by atoms with E-state index in [4.69, 9.17) is 15.6 Å². The fourth-order valence-electron chi connectivity index (χ4n) is 1.08. The van der Waals surface area contributed by atoms with Gasteiger partial charge in [0.25, 0.3) is 6.43 Å². The number of hydrogen-bond acceptors (Lipinski definition) is 4. The molecule has 1 aromatic rings. The molecule has 1 aromatic heterocycles. The summed E-state index contributed by atoms with van der Waals surface area (Å²) in [5.41, 5.74) is 5.03. The summed E-state index contributed by atoms with van der Waals surface area (Å²) >= 11 is 0. The van der Waals surface area contributed by atoms with E-state index < -0.39 is 18.7 Å². The minimum atomic E-state index is -2.71. The molecule has 0 saturated heterocycles. The molecule has 0 aliphatic carbocycles. The third-order valence-corrected chi connectivity index (χ3v) is 1.67. The Morgan fingerprint density at radius 2 is 2.29 bits per heavy atom. The number of aliphatic hydroxyl groups excluding tert-OH is 1. The number of alkyl halides is 2. The number of aliphatic hydroxyl groups is 1. The Bertz CT molecular complexity index is 331. The van der Waals surface area contributed by atoms with E-state index in [1.54, 1.807) is 0 Å². The third-order valence-electron chi connectivity index (χ3n) is 1.67. The number of nitrogen functional groups attached to an aromatic ring is 1. The molecular weight excluding hydrogens is 194 g/mol. The Kier molecular flexibility index (Phi) is 3.19. The molecule has 0 amide bonds. The maximum absolute atomic E-state index is 12.3. The molecule has 0 fully saturated rings. The average molecular weight is 204 g/mol. The summed E-state index contributed by atoms with van der Waals surface area (Å²) < 4.78 is 29.3. The molecule has 14 heavy (non-hydrogen) atoms. The van der Waals surface area contributed by atoms with Crippen LogP contribution in [0.1, 0.15) is 17.8 Å².